The van der Waals surface area contributed by atoms with E-state index in [1.54, 1.807) is 0 Å². The van der Waals surface area contributed by atoms with E-state index in [-0.39, 0.29) is 0 Å². The van der Waals surface area contributed by atoms with Crippen molar-refractivity contribution in [1.29, 1.82) is 0 Å². The van der Waals surface area contributed by atoms with E-state index in [0.29, 0.717) is 0 Å². The molecule has 2 heterocycles. The second-order valence-corrected chi connectivity index (χ2v) is 5.09. The highest BCUT2D eigenvalue weighted by molar-refractivity contribution is 9.10. The second kappa shape index (κ2) is 4.23. The highest BCUT2D eigenvalue weighted by atomic mass is 79.9. The van der Waals surface area contributed by atoms with E-state index in [2.05, 4.69) is 61.1 Å². The first-order valence-electron chi connectivity index (χ1n) is 5.65. The minimum absolute atomic E-state index is 0.806. The van der Waals surface area contributed by atoms with Crippen LogP contribution in [0.4, 0.5) is 0 Å². The van der Waals surface area contributed by atoms with Gasteiger partial charge in [-0.25, -0.2) is 0 Å². The van der Waals surface area contributed by atoms with E-state index < -0.39 is 0 Å². The Bertz CT molecular complexity index is 562. The Morgan fingerprint density at radius 3 is 3.06 bits per heavy atom. The molecule has 88 valence electrons. The summed E-state index contributed by atoms with van der Waals surface area (Å²) in [5.74, 6) is 1.98. The van der Waals surface area contributed by atoms with Gasteiger partial charge in [0.15, 0.2) is 5.82 Å². The van der Waals surface area contributed by atoms with Gasteiger partial charge in [-0.05, 0) is 18.6 Å². The molecule has 0 radical (unpaired) electrons. The molecule has 0 saturated heterocycles. The minimum atomic E-state index is 0.806. The van der Waals surface area contributed by atoms with Gasteiger partial charge in [-0.15, -0.1) is 10.2 Å². The SMILES string of the molecule is Cc1ccc(-c2nnc3n2CCNC3)cc1Br. The largest absolute Gasteiger partial charge is 0.309 e. The average Bonchev–Trinajstić information content (AvgIpc) is 2.76. The van der Waals surface area contributed by atoms with Crippen molar-refractivity contribution >= 4 is 15.9 Å². The number of aryl methyl sites for hydroxylation is 1. The smallest absolute Gasteiger partial charge is 0.164 e. The maximum absolute atomic E-state index is 4.29. The Kier molecular flexibility index (Phi) is 2.72. The average molecular weight is 293 g/mol. The van der Waals surface area contributed by atoms with Crippen LogP contribution in [0.1, 0.15) is 11.4 Å². The topological polar surface area (TPSA) is 42.7 Å². The predicted octanol–water partition coefficient (Wildman–Crippen LogP) is 2.12. The molecule has 5 heteroatoms. The second-order valence-electron chi connectivity index (χ2n) is 4.23. The van der Waals surface area contributed by atoms with Crippen LogP contribution in [-0.4, -0.2) is 21.3 Å². The molecule has 0 spiro atoms. The van der Waals surface area contributed by atoms with Crippen LogP contribution in [-0.2, 0) is 13.1 Å². The van der Waals surface area contributed by atoms with E-state index in [1.165, 1.54) is 5.56 Å². The van der Waals surface area contributed by atoms with Gasteiger partial charge in [-0.1, -0.05) is 28.1 Å². The Hall–Kier alpha value is -1.20. The van der Waals surface area contributed by atoms with Crippen LogP contribution >= 0.6 is 15.9 Å². The van der Waals surface area contributed by atoms with Gasteiger partial charge in [-0.2, -0.15) is 0 Å². The number of halogens is 1. The molecule has 0 saturated carbocycles. The molecule has 3 rings (SSSR count). The molecule has 0 amide bonds. The Labute approximate surface area is 108 Å². The quantitative estimate of drug-likeness (QED) is 0.876. The van der Waals surface area contributed by atoms with Crippen molar-refractivity contribution < 1.29 is 0 Å². The molecule has 1 aliphatic heterocycles. The monoisotopic (exact) mass is 292 g/mol. The zero-order chi connectivity index (χ0) is 11.8. The zero-order valence-electron chi connectivity index (χ0n) is 9.57. The molecule has 2 aromatic rings. The van der Waals surface area contributed by atoms with Crippen LogP contribution in [0.5, 0.6) is 0 Å². The van der Waals surface area contributed by atoms with Crippen molar-refractivity contribution in [3.63, 3.8) is 0 Å². The highest BCUT2D eigenvalue weighted by Gasteiger charge is 2.16. The molecule has 4 nitrogen and oxygen atoms in total. The van der Waals surface area contributed by atoms with Gasteiger partial charge < -0.3 is 9.88 Å². The van der Waals surface area contributed by atoms with Gasteiger partial charge in [-0.3, -0.25) is 0 Å². The van der Waals surface area contributed by atoms with Gasteiger partial charge in [0.05, 0.1) is 6.54 Å². The summed E-state index contributed by atoms with van der Waals surface area (Å²) in [5.41, 5.74) is 2.34. The highest BCUT2D eigenvalue weighted by Crippen LogP contribution is 2.25. The molecule has 1 aromatic heterocycles. The van der Waals surface area contributed by atoms with Crippen LogP contribution in [0.25, 0.3) is 11.4 Å². The molecular formula is C12H13BrN4. The molecule has 17 heavy (non-hydrogen) atoms. The summed E-state index contributed by atoms with van der Waals surface area (Å²) in [5, 5.41) is 11.8. The third-order valence-electron chi connectivity index (χ3n) is 3.05. The Balaban J connectivity index is 2.09. The van der Waals surface area contributed by atoms with E-state index in [0.717, 1.165) is 41.3 Å². The summed E-state index contributed by atoms with van der Waals surface area (Å²) >= 11 is 3.56. The van der Waals surface area contributed by atoms with E-state index in [9.17, 15) is 0 Å². The lowest BCUT2D eigenvalue weighted by Gasteiger charge is -2.16. The van der Waals surface area contributed by atoms with Crippen LogP contribution in [0, 0.1) is 6.92 Å². The third kappa shape index (κ3) is 1.89. The maximum atomic E-state index is 4.29. The van der Waals surface area contributed by atoms with Crippen LogP contribution in [0.2, 0.25) is 0 Å². The first-order valence-corrected chi connectivity index (χ1v) is 6.44. The van der Waals surface area contributed by atoms with Crippen molar-refractivity contribution in [2.75, 3.05) is 6.54 Å². The summed E-state index contributed by atoms with van der Waals surface area (Å²) in [6.45, 7) is 4.80. The number of benzene rings is 1. The lowest BCUT2D eigenvalue weighted by atomic mass is 10.1. The lowest BCUT2D eigenvalue weighted by Crippen LogP contribution is -2.28. The molecule has 1 aromatic carbocycles. The molecular weight excluding hydrogens is 280 g/mol. The Morgan fingerprint density at radius 2 is 2.24 bits per heavy atom. The van der Waals surface area contributed by atoms with Gasteiger partial charge >= 0.3 is 0 Å². The maximum Gasteiger partial charge on any atom is 0.164 e. The third-order valence-corrected chi connectivity index (χ3v) is 3.91. The van der Waals surface area contributed by atoms with Crippen molar-refractivity contribution in [3.8, 4) is 11.4 Å². The van der Waals surface area contributed by atoms with Crippen LogP contribution in [0.3, 0.4) is 0 Å². The fourth-order valence-corrected chi connectivity index (χ4v) is 2.42. The van der Waals surface area contributed by atoms with E-state index in [4.69, 9.17) is 0 Å². The normalized spacial score (nSPS) is 14.7. The standard InChI is InChI=1S/C12H13BrN4/c1-8-2-3-9(6-10(8)13)12-16-15-11-7-14-4-5-17(11)12/h2-3,6,14H,4-5,7H2,1H3. The van der Waals surface area contributed by atoms with Crippen LogP contribution < -0.4 is 5.32 Å². The summed E-state index contributed by atoms with van der Waals surface area (Å²) in [7, 11) is 0. The van der Waals surface area contributed by atoms with Gasteiger partial charge in [0.2, 0.25) is 0 Å². The van der Waals surface area contributed by atoms with Crippen molar-refractivity contribution in [2.24, 2.45) is 0 Å². The molecule has 0 fully saturated rings. The number of nitrogens with one attached hydrogen (secondary N) is 1. The molecule has 1 aliphatic rings. The Morgan fingerprint density at radius 1 is 1.35 bits per heavy atom. The van der Waals surface area contributed by atoms with Gasteiger partial charge in [0.1, 0.15) is 5.82 Å². The molecule has 0 bridgehead atoms. The molecule has 0 aliphatic carbocycles. The summed E-state index contributed by atoms with van der Waals surface area (Å²) < 4.78 is 3.30. The molecule has 1 N–H and O–H groups in total. The fourth-order valence-electron chi connectivity index (χ4n) is 2.04. The van der Waals surface area contributed by atoms with Gasteiger partial charge in [0, 0.05) is 23.1 Å². The first-order chi connectivity index (χ1) is 8.25. The molecule has 0 atom stereocenters. The number of fused-ring (bicyclic) bond motifs is 1. The minimum Gasteiger partial charge on any atom is -0.309 e. The molecule has 0 unspecified atom stereocenters. The number of hydrogen-bond acceptors (Lipinski definition) is 3. The zero-order valence-corrected chi connectivity index (χ0v) is 11.2. The number of aromatic nitrogens is 3. The van der Waals surface area contributed by atoms with E-state index >= 15 is 0 Å². The number of nitrogens with zero attached hydrogens (tertiary/aromatic N) is 3. The van der Waals surface area contributed by atoms with Gasteiger partial charge in [0.25, 0.3) is 0 Å². The predicted molar refractivity (Wildman–Crippen MR) is 69.6 cm³/mol. The summed E-state index contributed by atoms with van der Waals surface area (Å²) in [6.07, 6.45) is 0. The first kappa shape index (κ1) is 10.9. The number of hydrogen-bond donors (Lipinski definition) is 1. The van der Waals surface area contributed by atoms with Crippen LogP contribution in [0.15, 0.2) is 22.7 Å². The van der Waals surface area contributed by atoms with Crippen molar-refractivity contribution in [2.45, 2.75) is 20.0 Å². The number of rotatable bonds is 1. The van der Waals surface area contributed by atoms with E-state index in [1.807, 2.05) is 0 Å². The fraction of sp³-hybridized carbons (Fsp3) is 0.333. The summed E-state index contributed by atoms with van der Waals surface area (Å²) in [6, 6.07) is 6.30. The summed E-state index contributed by atoms with van der Waals surface area (Å²) in [4.78, 5) is 0. The van der Waals surface area contributed by atoms with Crippen molar-refractivity contribution in [1.82, 2.24) is 20.1 Å². The van der Waals surface area contributed by atoms with Crippen molar-refractivity contribution in [3.05, 3.63) is 34.1 Å². The lowest BCUT2D eigenvalue weighted by molar-refractivity contribution is 0.508.